The smallest absolute Gasteiger partial charge is 0.125 e. The van der Waals surface area contributed by atoms with Crippen molar-refractivity contribution in [3.05, 3.63) is 41.3 Å². The second-order valence-corrected chi connectivity index (χ2v) is 4.88. The van der Waals surface area contributed by atoms with Crippen LogP contribution in [0.5, 0.6) is 0 Å². The molecular formula is C12H14FN3S. The van der Waals surface area contributed by atoms with Gasteiger partial charge < -0.3 is 5.73 Å². The maximum atomic E-state index is 12.9. The summed E-state index contributed by atoms with van der Waals surface area (Å²) in [5.41, 5.74) is 8.18. The number of nitrogens with zero attached hydrogens (tertiary/aromatic N) is 2. The van der Waals surface area contributed by atoms with Crippen molar-refractivity contribution in [1.29, 1.82) is 0 Å². The topological polar surface area (TPSA) is 43.8 Å². The molecule has 0 unspecified atom stereocenters. The van der Waals surface area contributed by atoms with E-state index in [9.17, 15) is 4.39 Å². The van der Waals surface area contributed by atoms with Crippen LogP contribution in [0, 0.1) is 12.7 Å². The Morgan fingerprint density at radius 2 is 2.18 bits per heavy atom. The third-order valence-corrected chi connectivity index (χ3v) is 3.58. The van der Waals surface area contributed by atoms with E-state index in [0.717, 1.165) is 16.3 Å². The maximum absolute atomic E-state index is 12.9. The maximum Gasteiger partial charge on any atom is 0.125 e. The highest BCUT2D eigenvalue weighted by Gasteiger charge is 2.05. The van der Waals surface area contributed by atoms with Gasteiger partial charge in [-0.2, -0.15) is 5.10 Å². The number of rotatable bonds is 3. The first-order valence-corrected chi connectivity index (χ1v) is 6.22. The fraction of sp³-hybridized carbons (Fsp3) is 0.250. The number of nitrogens with two attached hydrogens (primary N) is 1. The SMILES string of the molecule is Cc1cc(SCc2ccc(F)cc2N)n(C)n1. The summed E-state index contributed by atoms with van der Waals surface area (Å²) in [5, 5.41) is 5.34. The number of benzene rings is 1. The average Bonchev–Trinajstić information content (AvgIpc) is 2.56. The summed E-state index contributed by atoms with van der Waals surface area (Å²) in [6, 6.07) is 6.52. The molecule has 2 rings (SSSR count). The lowest BCUT2D eigenvalue weighted by molar-refractivity contribution is 0.628. The van der Waals surface area contributed by atoms with Crippen LogP contribution in [0.15, 0.2) is 29.3 Å². The van der Waals surface area contributed by atoms with Crippen LogP contribution < -0.4 is 5.73 Å². The van der Waals surface area contributed by atoms with Gasteiger partial charge in [-0.05, 0) is 30.7 Å². The summed E-state index contributed by atoms with van der Waals surface area (Å²) in [5.74, 6) is 0.415. The fourth-order valence-corrected chi connectivity index (χ4v) is 2.62. The van der Waals surface area contributed by atoms with Crippen LogP contribution in [0.25, 0.3) is 0 Å². The van der Waals surface area contributed by atoms with E-state index in [0.29, 0.717) is 11.4 Å². The first-order chi connectivity index (χ1) is 8.06. The molecule has 0 saturated heterocycles. The Kier molecular flexibility index (Phi) is 3.38. The predicted octanol–water partition coefficient (Wildman–Crippen LogP) is 2.74. The molecule has 1 aromatic carbocycles. The van der Waals surface area contributed by atoms with E-state index in [1.165, 1.54) is 12.1 Å². The van der Waals surface area contributed by atoms with E-state index in [4.69, 9.17) is 5.73 Å². The number of halogens is 1. The Morgan fingerprint density at radius 3 is 2.76 bits per heavy atom. The van der Waals surface area contributed by atoms with Gasteiger partial charge in [-0.1, -0.05) is 6.07 Å². The van der Waals surface area contributed by atoms with E-state index in [-0.39, 0.29) is 5.82 Å². The van der Waals surface area contributed by atoms with E-state index < -0.39 is 0 Å². The lowest BCUT2D eigenvalue weighted by atomic mass is 10.2. The third kappa shape index (κ3) is 2.79. The fourth-order valence-electron chi connectivity index (χ4n) is 1.57. The van der Waals surface area contributed by atoms with Crippen molar-refractivity contribution in [3.8, 4) is 0 Å². The quantitative estimate of drug-likeness (QED) is 0.674. The van der Waals surface area contributed by atoms with Gasteiger partial charge in [0.2, 0.25) is 0 Å². The van der Waals surface area contributed by atoms with E-state index >= 15 is 0 Å². The van der Waals surface area contributed by atoms with Gasteiger partial charge in [0.15, 0.2) is 0 Å². The molecule has 0 bridgehead atoms. The highest BCUT2D eigenvalue weighted by molar-refractivity contribution is 7.98. The summed E-state index contributed by atoms with van der Waals surface area (Å²) >= 11 is 1.64. The van der Waals surface area contributed by atoms with Crippen LogP contribution in [0.4, 0.5) is 10.1 Å². The Bertz CT molecular complexity index is 537. The Balaban J connectivity index is 2.10. The van der Waals surface area contributed by atoms with Crippen molar-refractivity contribution >= 4 is 17.4 Å². The molecule has 1 aromatic heterocycles. The molecule has 0 radical (unpaired) electrons. The summed E-state index contributed by atoms with van der Waals surface area (Å²) < 4.78 is 14.7. The molecule has 0 aliphatic carbocycles. The normalized spacial score (nSPS) is 10.8. The number of thioether (sulfide) groups is 1. The Hall–Kier alpha value is -1.49. The third-order valence-electron chi connectivity index (χ3n) is 2.44. The molecule has 3 nitrogen and oxygen atoms in total. The summed E-state index contributed by atoms with van der Waals surface area (Å²) in [6.07, 6.45) is 0. The zero-order valence-corrected chi connectivity index (χ0v) is 10.6. The number of hydrogen-bond donors (Lipinski definition) is 1. The van der Waals surface area contributed by atoms with Crippen LogP contribution in [-0.4, -0.2) is 9.78 Å². The minimum Gasteiger partial charge on any atom is -0.398 e. The average molecular weight is 251 g/mol. The number of hydrogen-bond acceptors (Lipinski definition) is 3. The van der Waals surface area contributed by atoms with Crippen LogP contribution >= 0.6 is 11.8 Å². The van der Waals surface area contributed by atoms with Gasteiger partial charge in [0, 0.05) is 18.5 Å². The standard InChI is InChI=1S/C12H14FN3S/c1-8-5-12(16(2)15-8)17-7-9-3-4-10(13)6-11(9)14/h3-6H,7,14H2,1-2H3. The summed E-state index contributed by atoms with van der Waals surface area (Å²) in [7, 11) is 1.91. The number of aryl methyl sites for hydroxylation is 2. The monoisotopic (exact) mass is 251 g/mol. The van der Waals surface area contributed by atoms with Crippen molar-refractivity contribution in [2.24, 2.45) is 7.05 Å². The first kappa shape index (κ1) is 12.0. The van der Waals surface area contributed by atoms with Crippen molar-refractivity contribution < 1.29 is 4.39 Å². The van der Waals surface area contributed by atoms with Crippen LogP contribution in [-0.2, 0) is 12.8 Å². The predicted molar refractivity (Wildman–Crippen MR) is 68.3 cm³/mol. The zero-order valence-electron chi connectivity index (χ0n) is 9.77. The molecule has 1 heterocycles. The lowest BCUT2D eigenvalue weighted by Gasteiger charge is -2.05. The van der Waals surface area contributed by atoms with Gasteiger partial charge in [0.1, 0.15) is 5.82 Å². The molecule has 0 saturated carbocycles. The Labute approximate surface area is 104 Å². The second-order valence-electron chi connectivity index (χ2n) is 3.88. The van der Waals surface area contributed by atoms with Crippen molar-refractivity contribution in [2.45, 2.75) is 17.7 Å². The van der Waals surface area contributed by atoms with Gasteiger partial charge in [-0.15, -0.1) is 11.8 Å². The Morgan fingerprint density at radius 1 is 1.41 bits per heavy atom. The van der Waals surface area contributed by atoms with Crippen molar-refractivity contribution in [3.63, 3.8) is 0 Å². The number of nitrogen functional groups attached to an aromatic ring is 1. The van der Waals surface area contributed by atoms with E-state index in [1.807, 2.05) is 24.7 Å². The molecule has 0 aliphatic rings. The van der Waals surface area contributed by atoms with Gasteiger partial charge in [-0.3, -0.25) is 4.68 Å². The molecule has 17 heavy (non-hydrogen) atoms. The molecule has 0 atom stereocenters. The van der Waals surface area contributed by atoms with Gasteiger partial charge in [0.05, 0.1) is 10.7 Å². The van der Waals surface area contributed by atoms with Gasteiger partial charge in [-0.25, -0.2) is 4.39 Å². The molecule has 5 heteroatoms. The lowest BCUT2D eigenvalue weighted by Crippen LogP contribution is -1.96. The second kappa shape index (κ2) is 4.79. The summed E-state index contributed by atoms with van der Waals surface area (Å²) in [4.78, 5) is 0. The molecule has 0 amide bonds. The van der Waals surface area contributed by atoms with Crippen LogP contribution in [0.2, 0.25) is 0 Å². The minimum atomic E-state index is -0.298. The zero-order chi connectivity index (χ0) is 12.4. The minimum absolute atomic E-state index is 0.298. The molecule has 90 valence electrons. The number of aromatic nitrogens is 2. The highest BCUT2D eigenvalue weighted by Crippen LogP contribution is 2.26. The van der Waals surface area contributed by atoms with Gasteiger partial charge >= 0.3 is 0 Å². The molecule has 0 fully saturated rings. The van der Waals surface area contributed by atoms with E-state index in [1.54, 1.807) is 17.8 Å². The van der Waals surface area contributed by atoms with E-state index in [2.05, 4.69) is 5.10 Å². The molecule has 2 aromatic rings. The van der Waals surface area contributed by atoms with Crippen molar-refractivity contribution in [1.82, 2.24) is 9.78 Å². The van der Waals surface area contributed by atoms with Crippen LogP contribution in [0.3, 0.4) is 0 Å². The molecule has 0 aliphatic heterocycles. The highest BCUT2D eigenvalue weighted by atomic mass is 32.2. The summed E-state index contributed by atoms with van der Waals surface area (Å²) in [6.45, 7) is 1.95. The largest absolute Gasteiger partial charge is 0.398 e. The molecule has 0 spiro atoms. The first-order valence-electron chi connectivity index (χ1n) is 5.23. The number of anilines is 1. The molecular weight excluding hydrogens is 237 g/mol. The van der Waals surface area contributed by atoms with Crippen molar-refractivity contribution in [2.75, 3.05) is 5.73 Å². The van der Waals surface area contributed by atoms with Gasteiger partial charge in [0.25, 0.3) is 0 Å². The van der Waals surface area contributed by atoms with Crippen LogP contribution in [0.1, 0.15) is 11.3 Å². The molecule has 2 N–H and O–H groups in total.